The fourth-order valence-corrected chi connectivity index (χ4v) is 5.71. The predicted molar refractivity (Wildman–Crippen MR) is 126 cm³/mol. The highest BCUT2D eigenvalue weighted by atomic mass is 16.5. The predicted octanol–water partition coefficient (Wildman–Crippen LogP) is 3.26. The van der Waals surface area contributed by atoms with Gasteiger partial charge in [0.1, 0.15) is 0 Å². The molecule has 170 valence electrons. The second kappa shape index (κ2) is 9.20. The lowest BCUT2D eigenvalue weighted by molar-refractivity contribution is -0.122. The van der Waals surface area contributed by atoms with Gasteiger partial charge < -0.3 is 15.0 Å². The van der Waals surface area contributed by atoms with E-state index >= 15 is 0 Å². The minimum Gasteiger partial charge on any atom is -0.378 e. The Morgan fingerprint density at radius 1 is 1.19 bits per heavy atom. The molecule has 0 radical (unpaired) electrons. The fraction of sp³-hybridized carbons (Fsp3) is 0.538. The van der Waals surface area contributed by atoms with Crippen molar-refractivity contribution >= 4 is 11.6 Å². The van der Waals surface area contributed by atoms with Gasteiger partial charge in [-0.1, -0.05) is 18.6 Å². The van der Waals surface area contributed by atoms with Crippen LogP contribution in [0.5, 0.6) is 0 Å². The van der Waals surface area contributed by atoms with Crippen LogP contribution in [0, 0.1) is 6.92 Å². The number of pyridine rings is 1. The van der Waals surface area contributed by atoms with E-state index in [0.29, 0.717) is 6.42 Å². The smallest absolute Gasteiger partial charge is 0.220 e. The minimum absolute atomic E-state index is 0.191. The van der Waals surface area contributed by atoms with Gasteiger partial charge in [0.05, 0.1) is 18.8 Å². The molecule has 0 saturated carbocycles. The minimum atomic E-state index is -0.219. The van der Waals surface area contributed by atoms with E-state index in [0.717, 1.165) is 70.9 Å². The third-order valence-corrected chi connectivity index (χ3v) is 7.42. The van der Waals surface area contributed by atoms with Gasteiger partial charge in [-0.15, -0.1) is 0 Å². The van der Waals surface area contributed by atoms with E-state index in [1.807, 2.05) is 12.3 Å². The summed E-state index contributed by atoms with van der Waals surface area (Å²) < 4.78 is 5.50. The molecule has 1 aromatic carbocycles. The van der Waals surface area contributed by atoms with Crippen LogP contribution in [-0.2, 0) is 16.1 Å². The second-order valence-corrected chi connectivity index (χ2v) is 9.60. The Balaban J connectivity index is 1.37. The van der Waals surface area contributed by atoms with E-state index in [4.69, 9.17) is 9.72 Å². The maximum atomic E-state index is 12.6. The van der Waals surface area contributed by atoms with Gasteiger partial charge in [-0.05, 0) is 55.2 Å². The summed E-state index contributed by atoms with van der Waals surface area (Å²) in [4.78, 5) is 22.2. The summed E-state index contributed by atoms with van der Waals surface area (Å²) in [6, 6.07) is 13.0. The van der Waals surface area contributed by atoms with E-state index in [2.05, 4.69) is 52.4 Å². The van der Waals surface area contributed by atoms with E-state index in [9.17, 15) is 4.79 Å². The topological polar surface area (TPSA) is 57.7 Å². The summed E-state index contributed by atoms with van der Waals surface area (Å²) in [5, 5.41) is 3.45. The van der Waals surface area contributed by atoms with E-state index in [1.54, 1.807) is 0 Å². The van der Waals surface area contributed by atoms with Crippen LogP contribution in [0.3, 0.4) is 0 Å². The van der Waals surface area contributed by atoms with Gasteiger partial charge in [0.25, 0.3) is 0 Å². The number of carbonyl (C=O) groups excluding carboxylic acids is 1. The van der Waals surface area contributed by atoms with Crippen molar-refractivity contribution in [2.24, 2.45) is 0 Å². The zero-order chi connectivity index (χ0) is 22.0. The molecule has 2 aromatic rings. The van der Waals surface area contributed by atoms with Crippen LogP contribution in [0.15, 0.2) is 42.6 Å². The molecule has 3 aliphatic heterocycles. The number of morpholine rings is 1. The van der Waals surface area contributed by atoms with E-state index in [1.165, 1.54) is 16.8 Å². The van der Waals surface area contributed by atoms with Crippen LogP contribution in [0.2, 0.25) is 0 Å². The van der Waals surface area contributed by atoms with Crippen molar-refractivity contribution in [1.82, 2.24) is 15.2 Å². The molecule has 6 heteroatoms. The quantitative estimate of drug-likeness (QED) is 0.801. The van der Waals surface area contributed by atoms with Gasteiger partial charge in [-0.3, -0.25) is 14.7 Å². The molecule has 3 saturated heterocycles. The zero-order valence-corrected chi connectivity index (χ0v) is 19.1. The average Bonchev–Trinajstić information content (AvgIpc) is 3.05. The number of aryl methyl sites for hydroxylation is 1. The first-order valence-corrected chi connectivity index (χ1v) is 12.0. The van der Waals surface area contributed by atoms with Crippen LogP contribution in [0.1, 0.15) is 48.4 Å². The van der Waals surface area contributed by atoms with E-state index < -0.39 is 0 Å². The maximum Gasteiger partial charge on any atom is 0.220 e. The molecular weight excluding hydrogens is 400 g/mol. The summed E-state index contributed by atoms with van der Waals surface area (Å²) in [6.07, 6.45) is 5.59. The number of nitrogens with one attached hydrogen (secondary N) is 1. The number of rotatable bonds is 4. The first-order valence-electron chi connectivity index (χ1n) is 12.0. The monoisotopic (exact) mass is 434 g/mol. The molecule has 1 amide bonds. The summed E-state index contributed by atoms with van der Waals surface area (Å²) in [6.45, 7) is 8.43. The Labute approximate surface area is 191 Å². The molecule has 32 heavy (non-hydrogen) atoms. The van der Waals surface area contributed by atoms with Crippen molar-refractivity contribution in [3.8, 4) is 0 Å². The number of benzene rings is 1. The molecule has 2 atom stereocenters. The highest BCUT2D eigenvalue weighted by Gasteiger charge is 2.49. The second-order valence-electron chi connectivity index (χ2n) is 9.60. The number of likely N-dealkylation sites (tertiary alicyclic amines) is 1. The van der Waals surface area contributed by atoms with Gasteiger partial charge in [0.15, 0.2) is 0 Å². The van der Waals surface area contributed by atoms with Gasteiger partial charge in [-0.2, -0.15) is 0 Å². The van der Waals surface area contributed by atoms with Crippen molar-refractivity contribution in [3.63, 3.8) is 0 Å². The van der Waals surface area contributed by atoms with Gasteiger partial charge in [-0.25, -0.2) is 0 Å². The lowest BCUT2D eigenvalue weighted by Crippen LogP contribution is -2.52. The van der Waals surface area contributed by atoms with Gasteiger partial charge in [0, 0.05) is 62.6 Å². The van der Waals surface area contributed by atoms with E-state index in [-0.39, 0.29) is 17.4 Å². The molecule has 3 fully saturated rings. The molecular formula is C26H34N4O2. The largest absolute Gasteiger partial charge is 0.378 e. The standard InChI is InChI=1S/C26H34N4O2/c1-20-16-22(30-12-14-32-15-13-30)9-8-21(20)17-29-18-23(24-6-3-5-11-27-24)26(19-29)10-4-2-7-25(31)28-26/h3,5-6,8-9,11,16,23H,2,4,7,10,12-15,17-19H2,1H3,(H,28,31)/t23-,26+/m0/s1. The van der Waals surface area contributed by atoms with Gasteiger partial charge >= 0.3 is 0 Å². The first kappa shape index (κ1) is 21.4. The molecule has 1 N–H and O–H groups in total. The molecule has 4 heterocycles. The normalized spacial score (nSPS) is 26.8. The van der Waals surface area contributed by atoms with Crippen molar-refractivity contribution in [2.45, 2.75) is 50.6 Å². The Morgan fingerprint density at radius 3 is 2.84 bits per heavy atom. The molecule has 0 unspecified atom stereocenters. The molecule has 1 aromatic heterocycles. The highest BCUT2D eigenvalue weighted by molar-refractivity contribution is 5.77. The van der Waals surface area contributed by atoms with Crippen LogP contribution < -0.4 is 10.2 Å². The molecule has 0 bridgehead atoms. The first-order chi connectivity index (χ1) is 15.6. The van der Waals surface area contributed by atoms with Crippen molar-refractivity contribution in [1.29, 1.82) is 0 Å². The average molecular weight is 435 g/mol. The number of hydrogen-bond acceptors (Lipinski definition) is 5. The van der Waals surface area contributed by atoms with Crippen LogP contribution >= 0.6 is 0 Å². The van der Waals surface area contributed by atoms with Gasteiger partial charge in [0.2, 0.25) is 5.91 Å². The Kier molecular flexibility index (Phi) is 6.15. The number of anilines is 1. The SMILES string of the molecule is Cc1cc(N2CCOCC2)ccc1CN1C[C@@H](c2ccccn2)[C@@]2(CCCCC(=O)N2)C1. The summed E-state index contributed by atoms with van der Waals surface area (Å²) >= 11 is 0. The Morgan fingerprint density at radius 2 is 2.06 bits per heavy atom. The lowest BCUT2D eigenvalue weighted by Gasteiger charge is -2.34. The summed E-state index contributed by atoms with van der Waals surface area (Å²) in [5.41, 5.74) is 4.85. The van der Waals surface area contributed by atoms with Crippen LogP contribution in [0.25, 0.3) is 0 Å². The molecule has 1 spiro atoms. The molecule has 5 rings (SSSR count). The molecule has 0 aliphatic carbocycles. The van der Waals surface area contributed by atoms with Crippen molar-refractivity contribution in [2.75, 3.05) is 44.3 Å². The van der Waals surface area contributed by atoms with Crippen LogP contribution in [-0.4, -0.2) is 60.7 Å². The maximum absolute atomic E-state index is 12.6. The van der Waals surface area contributed by atoms with Crippen molar-refractivity contribution < 1.29 is 9.53 Å². The number of hydrogen-bond donors (Lipinski definition) is 1. The number of aromatic nitrogens is 1. The highest BCUT2D eigenvalue weighted by Crippen LogP contribution is 2.41. The Bertz CT molecular complexity index is 944. The Hall–Kier alpha value is -2.44. The summed E-state index contributed by atoms with van der Waals surface area (Å²) in [5.74, 6) is 0.412. The third-order valence-electron chi connectivity index (χ3n) is 7.42. The number of amides is 1. The third kappa shape index (κ3) is 4.39. The lowest BCUT2D eigenvalue weighted by atomic mass is 9.81. The number of nitrogens with zero attached hydrogens (tertiary/aromatic N) is 3. The number of ether oxygens (including phenoxy) is 1. The van der Waals surface area contributed by atoms with Crippen molar-refractivity contribution in [3.05, 3.63) is 59.4 Å². The molecule has 3 aliphatic rings. The number of carbonyl (C=O) groups is 1. The summed E-state index contributed by atoms with van der Waals surface area (Å²) in [7, 11) is 0. The zero-order valence-electron chi connectivity index (χ0n) is 19.1. The van der Waals surface area contributed by atoms with Crippen LogP contribution in [0.4, 0.5) is 5.69 Å². The fourth-order valence-electron chi connectivity index (χ4n) is 5.71. The molecule has 6 nitrogen and oxygen atoms in total.